The monoisotopic (exact) mass is 218 g/mol. The molecule has 5 heteroatoms. The van der Waals surface area contributed by atoms with E-state index in [4.69, 9.17) is 0 Å². The van der Waals surface area contributed by atoms with Crippen LogP contribution in [0.25, 0.3) is 0 Å². The van der Waals surface area contributed by atoms with Gasteiger partial charge >= 0.3 is 0 Å². The predicted octanol–water partition coefficient (Wildman–Crippen LogP) is 0.342. The van der Waals surface area contributed by atoms with Crippen molar-refractivity contribution in [1.29, 1.82) is 0 Å². The molecule has 0 saturated carbocycles. The third-order valence-corrected chi connectivity index (χ3v) is 4.21. The normalized spacial score (nSPS) is 29.7. The minimum atomic E-state index is -3.23. The van der Waals surface area contributed by atoms with Crippen LogP contribution in [0.2, 0.25) is 0 Å². The minimum absolute atomic E-state index is 0.310. The summed E-state index contributed by atoms with van der Waals surface area (Å²) in [6, 6.07) is 0.310. The van der Waals surface area contributed by atoms with Crippen LogP contribution < -0.4 is 0 Å². The Morgan fingerprint density at radius 3 is 2.36 bits per heavy atom. The van der Waals surface area contributed by atoms with Gasteiger partial charge in [0, 0.05) is 24.5 Å². The number of hydrogen-bond donors (Lipinski definition) is 0. The van der Waals surface area contributed by atoms with E-state index >= 15 is 0 Å². The Morgan fingerprint density at radius 1 is 1.43 bits per heavy atom. The molecule has 0 radical (unpaired) electrons. The van der Waals surface area contributed by atoms with Gasteiger partial charge in [-0.25, -0.2) is 8.42 Å². The Balaban J connectivity index is 2.78. The largest absolute Gasteiger partial charge is 0.305 e. The molecule has 1 heterocycles. The highest BCUT2D eigenvalue weighted by Gasteiger charge is 2.35. The van der Waals surface area contributed by atoms with E-state index in [1.54, 1.807) is 0 Å². The fraction of sp³-hybridized carbons (Fsp3) is 0.778. The van der Waals surface area contributed by atoms with E-state index < -0.39 is 10.0 Å². The SMILES string of the molecule is C=CS(=O)(=O)N1CC(C)C(N(C)C)C1. The molecule has 0 aliphatic carbocycles. The molecule has 1 rings (SSSR count). The van der Waals surface area contributed by atoms with E-state index in [0.717, 1.165) is 5.41 Å². The van der Waals surface area contributed by atoms with Crippen molar-refractivity contribution in [2.24, 2.45) is 5.92 Å². The lowest BCUT2D eigenvalue weighted by molar-refractivity contribution is 0.263. The summed E-state index contributed by atoms with van der Waals surface area (Å²) in [6.07, 6.45) is 0. The van der Waals surface area contributed by atoms with Crippen LogP contribution in [0.1, 0.15) is 6.92 Å². The maximum atomic E-state index is 11.5. The smallest absolute Gasteiger partial charge is 0.235 e. The lowest BCUT2D eigenvalue weighted by Crippen LogP contribution is -2.35. The molecule has 0 amide bonds. The molecule has 2 atom stereocenters. The van der Waals surface area contributed by atoms with Gasteiger partial charge in [0.05, 0.1) is 0 Å². The van der Waals surface area contributed by atoms with Crippen molar-refractivity contribution in [2.75, 3.05) is 27.2 Å². The predicted molar refractivity (Wildman–Crippen MR) is 57.3 cm³/mol. The molecular formula is C9H18N2O2S. The first kappa shape index (κ1) is 11.7. The molecule has 2 unspecified atom stereocenters. The average Bonchev–Trinajstić information content (AvgIpc) is 2.48. The third kappa shape index (κ3) is 2.16. The standard InChI is InChI=1S/C9H18N2O2S/c1-5-14(12,13)11-6-8(2)9(7-11)10(3)4/h5,8-9H,1,6-7H2,2-4H3. The number of nitrogens with zero attached hydrogens (tertiary/aromatic N) is 2. The van der Waals surface area contributed by atoms with E-state index in [-0.39, 0.29) is 0 Å². The molecule has 14 heavy (non-hydrogen) atoms. The summed E-state index contributed by atoms with van der Waals surface area (Å²) in [5, 5.41) is 1.03. The summed E-state index contributed by atoms with van der Waals surface area (Å²) in [4.78, 5) is 2.07. The van der Waals surface area contributed by atoms with Crippen LogP contribution in [-0.4, -0.2) is 50.8 Å². The van der Waals surface area contributed by atoms with Gasteiger partial charge < -0.3 is 4.90 Å². The van der Waals surface area contributed by atoms with Crippen molar-refractivity contribution < 1.29 is 8.42 Å². The highest BCUT2D eigenvalue weighted by molar-refractivity contribution is 7.92. The lowest BCUT2D eigenvalue weighted by atomic mass is 10.1. The Hall–Kier alpha value is -0.390. The van der Waals surface area contributed by atoms with Crippen molar-refractivity contribution >= 4 is 10.0 Å². The first-order valence-corrected chi connectivity index (χ1v) is 6.18. The topological polar surface area (TPSA) is 40.6 Å². The van der Waals surface area contributed by atoms with Crippen molar-refractivity contribution in [3.8, 4) is 0 Å². The zero-order valence-corrected chi connectivity index (χ0v) is 9.79. The van der Waals surface area contributed by atoms with Gasteiger partial charge in [-0.2, -0.15) is 4.31 Å². The molecule has 0 N–H and O–H groups in total. The number of rotatable bonds is 3. The van der Waals surface area contributed by atoms with Gasteiger partial charge in [0.25, 0.3) is 0 Å². The molecule has 1 fully saturated rings. The minimum Gasteiger partial charge on any atom is -0.305 e. The maximum absolute atomic E-state index is 11.5. The molecule has 1 aliphatic rings. The summed E-state index contributed by atoms with van der Waals surface area (Å²) in [6.45, 7) is 6.57. The average molecular weight is 218 g/mol. The summed E-state index contributed by atoms with van der Waals surface area (Å²) < 4.78 is 24.5. The zero-order chi connectivity index (χ0) is 10.9. The van der Waals surface area contributed by atoms with Gasteiger partial charge in [0.2, 0.25) is 10.0 Å². The van der Waals surface area contributed by atoms with Crippen LogP contribution in [0.5, 0.6) is 0 Å². The van der Waals surface area contributed by atoms with Crippen molar-refractivity contribution in [3.05, 3.63) is 12.0 Å². The van der Waals surface area contributed by atoms with Crippen LogP contribution in [0.15, 0.2) is 12.0 Å². The van der Waals surface area contributed by atoms with Gasteiger partial charge in [-0.05, 0) is 20.0 Å². The Kier molecular flexibility index (Phi) is 3.34. The van der Waals surface area contributed by atoms with Crippen molar-refractivity contribution in [1.82, 2.24) is 9.21 Å². The van der Waals surface area contributed by atoms with Crippen LogP contribution >= 0.6 is 0 Å². The van der Waals surface area contributed by atoms with Gasteiger partial charge in [-0.1, -0.05) is 13.5 Å². The van der Waals surface area contributed by atoms with Gasteiger partial charge in [-0.15, -0.1) is 0 Å². The molecule has 1 aliphatic heterocycles. The van der Waals surface area contributed by atoms with E-state index in [0.29, 0.717) is 25.0 Å². The second kappa shape index (κ2) is 4.00. The second-order valence-corrected chi connectivity index (χ2v) is 5.92. The summed E-state index contributed by atoms with van der Waals surface area (Å²) in [7, 11) is 0.728. The summed E-state index contributed by atoms with van der Waals surface area (Å²) in [5.41, 5.74) is 0. The molecule has 0 aromatic heterocycles. The molecular weight excluding hydrogens is 200 g/mol. The van der Waals surface area contributed by atoms with Crippen LogP contribution in [0.3, 0.4) is 0 Å². The van der Waals surface area contributed by atoms with E-state index in [1.165, 1.54) is 4.31 Å². The first-order valence-electron chi connectivity index (χ1n) is 4.67. The Bertz CT molecular complexity index is 311. The van der Waals surface area contributed by atoms with Crippen LogP contribution in [-0.2, 0) is 10.0 Å². The molecule has 0 aromatic rings. The quantitative estimate of drug-likeness (QED) is 0.686. The van der Waals surface area contributed by atoms with Crippen molar-refractivity contribution in [2.45, 2.75) is 13.0 Å². The van der Waals surface area contributed by atoms with Gasteiger partial charge in [0.1, 0.15) is 0 Å². The Morgan fingerprint density at radius 2 is 2.00 bits per heavy atom. The molecule has 0 bridgehead atoms. The van der Waals surface area contributed by atoms with Crippen molar-refractivity contribution in [3.63, 3.8) is 0 Å². The fourth-order valence-electron chi connectivity index (χ4n) is 1.89. The number of likely N-dealkylation sites (N-methyl/N-ethyl adjacent to an activating group) is 1. The number of sulfonamides is 1. The zero-order valence-electron chi connectivity index (χ0n) is 8.97. The summed E-state index contributed by atoms with van der Waals surface area (Å²) in [5.74, 6) is 0.375. The summed E-state index contributed by atoms with van der Waals surface area (Å²) >= 11 is 0. The highest BCUT2D eigenvalue weighted by atomic mass is 32.2. The van der Waals surface area contributed by atoms with Gasteiger partial charge in [0.15, 0.2) is 0 Å². The maximum Gasteiger partial charge on any atom is 0.235 e. The molecule has 0 aromatic carbocycles. The molecule has 1 saturated heterocycles. The molecule has 4 nitrogen and oxygen atoms in total. The van der Waals surface area contributed by atoms with E-state index in [1.807, 2.05) is 14.1 Å². The molecule has 0 spiro atoms. The first-order chi connectivity index (χ1) is 6.38. The van der Waals surface area contributed by atoms with Crippen LogP contribution in [0, 0.1) is 5.92 Å². The third-order valence-electron chi connectivity index (χ3n) is 2.77. The van der Waals surface area contributed by atoms with Gasteiger partial charge in [-0.3, -0.25) is 0 Å². The van der Waals surface area contributed by atoms with E-state index in [9.17, 15) is 8.42 Å². The lowest BCUT2D eigenvalue weighted by Gasteiger charge is -2.22. The Labute approximate surface area is 86.2 Å². The van der Waals surface area contributed by atoms with E-state index in [2.05, 4.69) is 18.4 Å². The van der Waals surface area contributed by atoms with Crippen LogP contribution in [0.4, 0.5) is 0 Å². The number of hydrogen-bond acceptors (Lipinski definition) is 3. The molecule has 82 valence electrons. The fourth-order valence-corrected chi connectivity index (χ4v) is 2.91. The highest BCUT2D eigenvalue weighted by Crippen LogP contribution is 2.22. The second-order valence-electron chi connectivity index (χ2n) is 4.04.